The van der Waals surface area contributed by atoms with Gasteiger partial charge in [-0.25, -0.2) is 0 Å². The zero-order chi connectivity index (χ0) is 19.4. The van der Waals surface area contributed by atoms with Crippen molar-refractivity contribution in [2.75, 3.05) is 26.3 Å². The molecule has 144 valence electrons. The van der Waals surface area contributed by atoms with Gasteiger partial charge in [-0.15, -0.1) is 0 Å². The van der Waals surface area contributed by atoms with Crippen molar-refractivity contribution < 1.29 is 24.2 Å². The molecule has 8 heteroatoms. The molecule has 1 aliphatic heterocycles. The Morgan fingerprint density at radius 2 is 1.96 bits per heavy atom. The van der Waals surface area contributed by atoms with Gasteiger partial charge < -0.3 is 25.1 Å². The second-order valence-electron chi connectivity index (χ2n) is 6.50. The van der Waals surface area contributed by atoms with Crippen LogP contribution in [0.3, 0.4) is 0 Å². The molecular formula is C19H22N2O6. The summed E-state index contributed by atoms with van der Waals surface area (Å²) in [6, 6.07) is 7.45. The number of hydrogen-bond donors (Lipinski definition) is 3. The highest BCUT2D eigenvalue weighted by molar-refractivity contribution is 5.75. The Balaban J connectivity index is 1.99. The lowest BCUT2D eigenvalue weighted by Gasteiger charge is -2.26. The maximum absolute atomic E-state index is 12.3. The van der Waals surface area contributed by atoms with Gasteiger partial charge in [0.05, 0.1) is 25.7 Å². The van der Waals surface area contributed by atoms with Gasteiger partial charge in [0.1, 0.15) is 11.5 Å². The molecule has 1 aliphatic rings. The first kappa shape index (κ1) is 18.9. The minimum Gasteiger partial charge on any atom is -0.508 e. The van der Waals surface area contributed by atoms with Gasteiger partial charge >= 0.3 is 0 Å². The van der Waals surface area contributed by atoms with Crippen molar-refractivity contribution in [1.82, 2.24) is 4.90 Å². The number of morpholine rings is 1. The first-order chi connectivity index (χ1) is 12.9. The predicted molar refractivity (Wildman–Crippen MR) is 96.5 cm³/mol. The fraction of sp³-hybridized carbons (Fsp3) is 0.368. The van der Waals surface area contributed by atoms with E-state index >= 15 is 0 Å². The van der Waals surface area contributed by atoms with Gasteiger partial charge in [0.15, 0.2) is 5.76 Å². The Morgan fingerprint density at radius 3 is 2.63 bits per heavy atom. The van der Waals surface area contributed by atoms with Crippen LogP contribution in [-0.2, 0) is 16.1 Å². The van der Waals surface area contributed by atoms with Crippen LogP contribution in [0.2, 0.25) is 0 Å². The first-order valence-electron chi connectivity index (χ1n) is 8.67. The van der Waals surface area contributed by atoms with Crippen LogP contribution in [0.15, 0.2) is 39.5 Å². The first-order valence-corrected chi connectivity index (χ1v) is 8.67. The van der Waals surface area contributed by atoms with Gasteiger partial charge in [-0.3, -0.25) is 14.5 Å². The normalized spacial score (nSPS) is 16.1. The summed E-state index contributed by atoms with van der Waals surface area (Å²) >= 11 is 0. The fourth-order valence-electron chi connectivity index (χ4n) is 3.15. The zero-order valence-electron chi connectivity index (χ0n) is 14.8. The minimum absolute atomic E-state index is 0.00622. The van der Waals surface area contributed by atoms with Crippen molar-refractivity contribution in [3.05, 3.63) is 57.6 Å². The smallest absolute Gasteiger partial charge is 0.227 e. The third-order valence-electron chi connectivity index (χ3n) is 4.48. The van der Waals surface area contributed by atoms with Gasteiger partial charge in [0.25, 0.3) is 0 Å². The molecule has 3 rings (SSSR count). The summed E-state index contributed by atoms with van der Waals surface area (Å²) in [4.78, 5) is 25.9. The lowest BCUT2D eigenvalue weighted by molar-refractivity contribution is -0.118. The van der Waals surface area contributed by atoms with Crippen molar-refractivity contribution >= 4 is 5.91 Å². The number of carbonyl (C=O) groups is 1. The van der Waals surface area contributed by atoms with Crippen LogP contribution in [-0.4, -0.2) is 47.3 Å². The van der Waals surface area contributed by atoms with E-state index in [1.165, 1.54) is 18.2 Å². The number of nitrogens with two attached hydrogens (primary N) is 1. The molecule has 1 amide bonds. The third-order valence-corrected chi connectivity index (χ3v) is 4.48. The van der Waals surface area contributed by atoms with Crippen LogP contribution < -0.4 is 11.2 Å². The Kier molecular flexibility index (Phi) is 5.78. The number of carbonyl (C=O) groups excluding carboxylic acids is 1. The third kappa shape index (κ3) is 4.66. The second-order valence-corrected chi connectivity index (χ2v) is 6.50. The molecule has 0 radical (unpaired) electrons. The van der Waals surface area contributed by atoms with Crippen LogP contribution in [0.1, 0.15) is 29.4 Å². The van der Waals surface area contributed by atoms with Crippen molar-refractivity contribution in [3.8, 4) is 11.5 Å². The van der Waals surface area contributed by atoms with E-state index in [0.717, 1.165) is 0 Å². The number of hydrogen-bond acceptors (Lipinski definition) is 7. The van der Waals surface area contributed by atoms with E-state index in [1.807, 2.05) is 0 Å². The number of ether oxygens (including phenoxy) is 1. The molecular weight excluding hydrogens is 352 g/mol. The molecule has 0 bridgehead atoms. The van der Waals surface area contributed by atoms with Gasteiger partial charge in [-0.2, -0.15) is 0 Å². The standard InChI is InChI=1S/C19H22N2O6/c20-17(24)10-15(12-2-1-3-13(22)8-12)19-18(25)16(23)9-14(27-19)11-21-4-6-26-7-5-21/h1-3,8-9,15,22,25H,4-7,10-11H2,(H2,20,24)/t15-/m0/s1. The summed E-state index contributed by atoms with van der Waals surface area (Å²) in [7, 11) is 0. The van der Waals surface area contributed by atoms with Gasteiger partial charge in [-0.05, 0) is 17.7 Å². The van der Waals surface area contributed by atoms with Crippen molar-refractivity contribution in [2.45, 2.75) is 18.9 Å². The molecule has 1 fully saturated rings. The molecule has 2 heterocycles. The molecule has 4 N–H and O–H groups in total. The fourth-order valence-corrected chi connectivity index (χ4v) is 3.15. The maximum Gasteiger partial charge on any atom is 0.227 e. The maximum atomic E-state index is 12.3. The number of nitrogens with zero attached hydrogens (tertiary/aromatic N) is 1. The van der Waals surface area contributed by atoms with Crippen LogP contribution in [0.4, 0.5) is 0 Å². The number of amides is 1. The molecule has 2 aromatic rings. The summed E-state index contributed by atoms with van der Waals surface area (Å²) in [6.45, 7) is 3.00. The van der Waals surface area contributed by atoms with E-state index in [4.69, 9.17) is 14.9 Å². The molecule has 8 nitrogen and oxygen atoms in total. The van der Waals surface area contributed by atoms with Crippen molar-refractivity contribution in [2.24, 2.45) is 5.73 Å². The summed E-state index contributed by atoms with van der Waals surface area (Å²) < 4.78 is 11.1. The Hall–Kier alpha value is -2.84. The number of benzene rings is 1. The van der Waals surface area contributed by atoms with E-state index in [-0.39, 0.29) is 17.9 Å². The highest BCUT2D eigenvalue weighted by Crippen LogP contribution is 2.34. The largest absolute Gasteiger partial charge is 0.508 e. The number of phenols is 1. The van der Waals surface area contributed by atoms with E-state index in [2.05, 4.69) is 4.90 Å². The molecule has 1 aromatic heterocycles. The van der Waals surface area contributed by atoms with Gasteiger partial charge in [0.2, 0.25) is 17.1 Å². The van der Waals surface area contributed by atoms with E-state index < -0.39 is 23.0 Å². The average molecular weight is 374 g/mol. The van der Waals surface area contributed by atoms with Gasteiger partial charge in [0, 0.05) is 25.6 Å². The lowest BCUT2D eigenvalue weighted by Crippen LogP contribution is -2.35. The molecule has 0 saturated carbocycles. The molecule has 1 saturated heterocycles. The highest BCUT2D eigenvalue weighted by Gasteiger charge is 2.26. The van der Waals surface area contributed by atoms with E-state index in [9.17, 15) is 19.8 Å². The lowest BCUT2D eigenvalue weighted by atomic mass is 9.91. The van der Waals surface area contributed by atoms with Crippen LogP contribution >= 0.6 is 0 Å². The second kappa shape index (κ2) is 8.24. The van der Waals surface area contributed by atoms with Crippen molar-refractivity contribution in [1.29, 1.82) is 0 Å². The average Bonchev–Trinajstić information content (AvgIpc) is 2.63. The Morgan fingerprint density at radius 1 is 1.22 bits per heavy atom. The number of primary amides is 1. The topological polar surface area (TPSA) is 126 Å². The summed E-state index contributed by atoms with van der Waals surface area (Å²) in [5.41, 5.74) is 5.28. The van der Waals surface area contributed by atoms with Crippen LogP contribution in [0.25, 0.3) is 0 Å². The minimum atomic E-state index is -0.785. The predicted octanol–water partition coefficient (Wildman–Crippen LogP) is 0.890. The van der Waals surface area contributed by atoms with E-state index in [0.29, 0.717) is 44.2 Å². The molecule has 0 aliphatic carbocycles. The monoisotopic (exact) mass is 374 g/mol. The Labute approximate surface area is 155 Å². The summed E-state index contributed by atoms with van der Waals surface area (Å²) in [5, 5.41) is 20.0. The molecule has 27 heavy (non-hydrogen) atoms. The molecule has 1 aromatic carbocycles. The van der Waals surface area contributed by atoms with Crippen molar-refractivity contribution in [3.63, 3.8) is 0 Å². The Bertz CT molecular complexity index is 873. The van der Waals surface area contributed by atoms with Crippen LogP contribution in [0, 0.1) is 0 Å². The molecule has 0 unspecified atom stereocenters. The summed E-state index contributed by atoms with van der Waals surface area (Å²) in [6.07, 6.45) is -0.180. The zero-order valence-corrected chi connectivity index (χ0v) is 14.8. The summed E-state index contributed by atoms with van der Waals surface area (Å²) in [5.74, 6) is -1.63. The van der Waals surface area contributed by atoms with Crippen LogP contribution in [0.5, 0.6) is 11.5 Å². The highest BCUT2D eigenvalue weighted by atomic mass is 16.5. The number of phenolic OH excluding ortho intramolecular Hbond substituents is 1. The van der Waals surface area contributed by atoms with E-state index in [1.54, 1.807) is 12.1 Å². The molecule has 1 atom stereocenters. The SMILES string of the molecule is NC(=O)C[C@@H](c1cccc(O)c1)c1oc(CN2CCOCC2)cc(=O)c1O. The molecule has 0 spiro atoms. The quantitative estimate of drug-likeness (QED) is 0.685. The number of rotatable bonds is 6. The van der Waals surface area contributed by atoms with Gasteiger partial charge in [-0.1, -0.05) is 12.1 Å². The number of aromatic hydroxyl groups is 2.